The van der Waals surface area contributed by atoms with Crippen molar-refractivity contribution in [3.63, 3.8) is 0 Å². The second-order valence-electron chi connectivity index (χ2n) is 6.70. The summed E-state index contributed by atoms with van der Waals surface area (Å²) in [5.74, 6) is -3.74. The number of carbonyl (C=O) groups excluding carboxylic acids is 3. The second-order valence-corrected chi connectivity index (χ2v) is 6.70. The molecule has 7 nitrogen and oxygen atoms in total. The van der Waals surface area contributed by atoms with Crippen molar-refractivity contribution in [1.82, 2.24) is 10.2 Å². The van der Waals surface area contributed by atoms with Crippen molar-refractivity contribution < 1.29 is 37.0 Å². The fourth-order valence-electron chi connectivity index (χ4n) is 3.31. The lowest BCUT2D eigenvalue weighted by Crippen LogP contribution is -2.66. The number of unbranched alkanes of at least 4 members (excludes halogenated alkanes) is 1. The average Bonchev–Trinajstić information content (AvgIpc) is 2.92. The number of nitrogens with one attached hydrogen (secondary N) is 1. The van der Waals surface area contributed by atoms with Crippen LogP contribution < -0.4 is 10.1 Å². The van der Waals surface area contributed by atoms with Gasteiger partial charge in [-0.15, -0.1) is 0 Å². The number of allylic oxidation sites excluding steroid dienone is 1. The number of ether oxygens (including phenoxy) is 2. The van der Waals surface area contributed by atoms with Gasteiger partial charge >= 0.3 is 12.1 Å². The van der Waals surface area contributed by atoms with Crippen LogP contribution in [-0.2, 0) is 14.3 Å². The number of esters is 1. The van der Waals surface area contributed by atoms with E-state index < -0.39 is 35.1 Å². The Hall–Kier alpha value is -3.04. The summed E-state index contributed by atoms with van der Waals surface area (Å²) >= 11 is 0. The molecule has 2 amide bonds. The summed E-state index contributed by atoms with van der Waals surface area (Å²) in [7, 11) is 2.24. The fourth-order valence-corrected chi connectivity index (χ4v) is 3.31. The molecule has 0 saturated carbocycles. The lowest BCUT2D eigenvalue weighted by Gasteiger charge is -2.33. The minimum Gasteiger partial charge on any atom is -0.497 e. The van der Waals surface area contributed by atoms with E-state index in [-0.39, 0.29) is 23.6 Å². The Balaban J connectivity index is 2.63. The first-order valence-electron chi connectivity index (χ1n) is 9.20. The minimum absolute atomic E-state index is 0.0332. The quantitative estimate of drug-likeness (QED) is 0.675. The van der Waals surface area contributed by atoms with Gasteiger partial charge in [0.15, 0.2) is 0 Å². The van der Waals surface area contributed by atoms with E-state index in [1.54, 1.807) is 5.32 Å². The van der Waals surface area contributed by atoms with Crippen LogP contribution in [0.25, 0.3) is 0 Å². The number of benzene rings is 1. The van der Waals surface area contributed by atoms with Crippen LogP contribution in [0.15, 0.2) is 35.5 Å². The molecule has 10 heteroatoms. The van der Waals surface area contributed by atoms with E-state index in [0.29, 0.717) is 12.8 Å². The smallest absolute Gasteiger partial charge is 0.425 e. The van der Waals surface area contributed by atoms with E-state index >= 15 is 0 Å². The molecule has 1 aromatic carbocycles. The number of methoxy groups -OCH3 is 2. The maximum absolute atomic E-state index is 14.4. The molecule has 2 rings (SSSR count). The number of carbonyl (C=O) groups is 3. The SMILES string of the molecule is CCCCN1C(=O)[C@](NC(=O)c2cccc(OC)c2)(C(F)(F)F)C(C(=O)OC)=C1C. The average molecular weight is 428 g/mol. The fraction of sp³-hybridized carbons (Fsp3) is 0.450. The van der Waals surface area contributed by atoms with Gasteiger partial charge in [0, 0.05) is 17.8 Å². The van der Waals surface area contributed by atoms with Gasteiger partial charge in [-0.25, -0.2) is 4.79 Å². The zero-order valence-corrected chi connectivity index (χ0v) is 17.1. The summed E-state index contributed by atoms with van der Waals surface area (Å²) in [4.78, 5) is 39.0. The predicted octanol–water partition coefficient (Wildman–Crippen LogP) is 2.82. The Kier molecular flexibility index (Phi) is 6.79. The monoisotopic (exact) mass is 428 g/mol. The zero-order valence-electron chi connectivity index (χ0n) is 17.1. The van der Waals surface area contributed by atoms with Crippen LogP contribution in [0.2, 0.25) is 0 Å². The van der Waals surface area contributed by atoms with Crippen LogP contribution in [0, 0.1) is 0 Å². The second kappa shape index (κ2) is 8.76. The van der Waals surface area contributed by atoms with E-state index in [9.17, 15) is 27.6 Å². The van der Waals surface area contributed by atoms with Gasteiger partial charge < -0.3 is 19.7 Å². The largest absolute Gasteiger partial charge is 0.497 e. The summed E-state index contributed by atoms with van der Waals surface area (Å²) in [6.45, 7) is 3.00. The molecule has 1 aliphatic heterocycles. The third-order valence-corrected chi connectivity index (χ3v) is 4.89. The highest BCUT2D eigenvalue weighted by Gasteiger charge is 2.70. The molecule has 30 heavy (non-hydrogen) atoms. The summed E-state index contributed by atoms with van der Waals surface area (Å²) in [6, 6.07) is 5.42. The van der Waals surface area contributed by atoms with Crippen LogP contribution >= 0.6 is 0 Å². The maximum atomic E-state index is 14.4. The zero-order chi connectivity index (χ0) is 22.7. The number of nitrogens with zero attached hydrogens (tertiary/aromatic N) is 1. The van der Waals surface area contributed by atoms with Gasteiger partial charge in [0.05, 0.1) is 14.2 Å². The summed E-state index contributed by atoms with van der Waals surface area (Å²) in [6.07, 6.45) is -4.28. The molecule has 0 aromatic heterocycles. The molecular weight excluding hydrogens is 405 g/mol. The molecule has 0 fully saturated rings. The van der Waals surface area contributed by atoms with Crippen LogP contribution in [-0.4, -0.2) is 55.2 Å². The Morgan fingerprint density at radius 3 is 2.43 bits per heavy atom. The molecule has 0 saturated heterocycles. The first kappa shape index (κ1) is 23.2. The van der Waals surface area contributed by atoms with E-state index in [4.69, 9.17) is 4.74 Å². The molecule has 0 spiro atoms. The molecule has 0 bridgehead atoms. The van der Waals surface area contributed by atoms with Crippen LogP contribution in [0.5, 0.6) is 5.75 Å². The maximum Gasteiger partial charge on any atom is 0.425 e. The summed E-state index contributed by atoms with van der Waals surface area (Å²) in [5, 5.41) is 1.78. The standard InChI is InChI=1S/C20H23F3N2O5/c1-5-6-10-25-12(2)15(17(27)30-4)19(18(25)28,20(21,22)23)24-16(26)13-8-7-9-14(11-13)29-3/h7-9,11H,5-6,10H2,1-4H3,(H,24,26)/t19-/m0/s1. The molecule has 0 aliphatic carbocycles. The number of amides is 2. The number of hydrogen-bond acceptors (Lipinski definition) is 5. The predicted molar refractivity (Wildman–Crippen MR) is 101 cm³/mol. The van der Waals surface area contributed by atoms with Crippen molar-refractivity contribution in [2.24, 2.45) is 0 Å². The summed E-state index contributed by atoms with van der Waals surface area (Å²) in [5.41, 5.74) is -4.88. The van der Waals surface area contributed by atoms with Gasteiger partial charge in [0.2, 0.25) is 0 Å². The normalized spacial score (nSPS) is 19.2. The van der Waals surface area contributed by atoms with Crippen LogP contribution in [0.3, 0.4) is 0 Å². The van der Waals surface area contributed by atoms with Gasteiger partial charge in [-0.3, -0.25) is 9.59 Å². The van der Waals surface area contributed by atoms with Crippen LogP contribution in [0.1, 0.15) is 37.0 Å². The van der Waals surface area contributed by atoms with Crippen molar-refractivity contribution in [2.75, 3.05) is 20.8 Å². The molecule has 1 N–H and O–H groups in total. The number of rotatable bonds is 7. The molecule has 0 radical (unpaired) electrons. The van der Waals surface area contributed by atoms with Gasteiger partial charge in [0.25, 0.3) is 17.4 Å². The van der Waals surface area contributed by atoms with Crippen molar-refractivity contribution in [3.8, 4) is 5.75 Å². The van der Waals surface area contributed by atoms with E-state index in [1.165, 1.54) is 38.3 Å². The third-order valence-electron chi connectivity index (χ3n) is 4.89. The van der Waals surface area contributed by atoms with Gasteiger partial charge in [0.1, 0.15) is 11.3 Å². The Morgan fingerprint density at radius 2 is 1.90 bits per heavy atom. The molecule has 1 aromatic rings. The molecule has 1 heterocycles. The van der Waals surface area contributed by atoms with Gasteiger partial charge in [-0.2, -0.15) is 13.2 Å². The van der Waals surface area contributed by atoms with Crippen molar-refractivity contribution in [2.45, 2.75) is 38.4 Å². The molecule has 1 aliphatic rings. The first-order chi connectivity index (χ1) is 14.0. The number of alkyl halides is 3. The van der Waals surface area contributed by atoms with Crippen molar-refractivity contribution in [1.29, 1.82) is 0 Å². The van der Waals surface area contributed by atoms with Gasteiger partial charge in [-0.05, 0) is 31.5 Å². The molecule has 0 unspecified atom stereocenters. The lowest BCUT2D eigenvalue weighted by molar-refractivity contribution is -0.192. The topological polar surface area (TPSA) is 84.9 Å². The van der Waals surface area contributed by atoms with E-state index in [2.05, 4.69) is 4.74 Å². The third kappa shape index (κ3) is 3.86. The Labute approximate surface area is 171 Å². The summed E-state index contributed by atoms with van der Waals surface area (Å²) < 4.78 is 52.6. The Bertz CT molecular complexity index is 881. The first-order valence-corrected chi connectivity index (χ1v) is 9.20. The Morgan fingerprint density at radius 1 is 1.23 bits per heavy atom. The molecule has 164 valence electrons. The van der Waals surface area contributed by atoms with Gasteiger partial charge in [-0.1, -0.05) is 19.4 Å². The van der Waals surface area contributed by atoms with E-state index in [1.807, 2.05) is 6.92 Å². The van der Waals surface area contributed by atoms with Crippen LogP contribution in [0.4, 0.5) is 13.2 Å². The highest BCUT2D eigenvalue weighted by molar-refractivity contribution is 6.11. The highest BCUT2D eigenvalue weighted by atomic mass is 19.4. The number of hydrogen-bond donors (Lipinski definition) is 1. The minimum atomic E-state index is -5.30. The number of halogens is 3. The van der Waals surface area contributed by atoms with Crippen molar-refractivity contribution >= 4 is 17.8 Å². The molecule has 1 atom stereocenters. The lowest BCUT2D eigenvalue weighted by atomic mass is 9.88. The van der Waals surface area contributed by atoms with E-state index in [0.717, 1.165) is 12.0 Å². The van der Waals surface area contributed by atoms with Crippen molar-refractivity contribution in [3.05, 3.63) is 41.1 Å². The molecular formula is C20H23F3N2O5. The highest BCUT2D eigenvalue weighted by Crippen LogP contribution is 2.45.